The molecule has 2 atom stereocenters. The molecule has 0 radical (unpaired) electrons. The van der Waals surface area contributed by atoms with Crippen molar-refractivity contribution in [2.45, 2.75) is 43.9 Å². The Morgan fingerprint density at radius 3 is 2.47 bits per heavy atom. The van der Waals surface area contributed by atoms with Gasteiger partial charge in [-0.3, -0.25) is 4.79 Å². The zero-order chi connectivity index (χ0) is 21.1. The van der Waals surface area contributed by atoms with Crippen LogP contribution >= 0.6 is 0 Å². The number of hydrogen-bond acceptors (Lipinski definition) is 4. The second-order valence-corrected chi connectivity index (χ2v) is 10.7. The van der Waals surface area contributed by atoms with Crippen LogP contribution < -0.4 is 0 Å². The number of benzene rings is 2. The van der Waals surface area contributed by atoms with Gasteiger partial charge in [0.1, 0.15) is 5.78 Å². The highest BCUT2D eigenvalue weighted by Gasteiger charge is 2.41. The third-order valence-corrected chi connectivity index (χ3v) is 8.65. The van der Waals surface area contributed by atoms with Crippen LogP contribution in [0.15, 0.2) is 47.4 Å². The average Bonchev–Trinajstić information content (AvgIpc) is 3.23. The number of carbonyl (C=O) groups excluding carboxylic acids is 1. The van der Waals surface area contributed by atoms with E-state index in [0.717, 1.165) is 36.8 Å². The number of fused-ring (bicyclic) bond motifs is 1. The van der Waals surface area contributed by atoms with E-state index >= 15 is 0 Å². The maximum Gasteiger partial charge on any atom is 0.243 e. The highest BCUT2D eigenvalue weighted by molar-refractivity contribution is 7.89. The fraction of sp³-hybridized carbons (Fsp3) is 0.542. The van der Waals surface area contributed by atoms with Crippen LogP contribution in [-0.2, 0) is 14.8 Å². The van der Waals surface area contributed by atoms with Gasteiger partial charge >= 0.3 is 0 Å². The second kappa shape index (κ2) is 9.16. The smallest absolute Gasteiger partial charge is 0.243 e. The molecule has 162 valence electrons. The lowest BCUT2D eigenvalue weighted by Gasteiger charge is -2.26. The molecule has 2 fully saturated rings. The molecule has 1 unspecified atom stereocenters. The molecule has 2 aliphatic heterocycles. The quantitative estimate of drug-likeness (QED) is 0.670. The molecule has 0 aromatic heterocycles. The Hall–Kier alpha value is -1.76. The summed E-state index contributed by atoms with van der Waals surface area (Å²) in [7, 11) is -3.60. The van der Waals surface area contributed by atoms with E-state index in [-0.39, 0.29) is 17.6 Å². The van der Waals surface area contributed by atoms with Crippen LogP contribution in [0.4, 0.5) is 0 Å². The first-order valence-electron chi connectivity index (χ1n) is 11.2. The molecule has 0 N–H and O–H groups in total. The van der Waals surface area contributed by atoms with Crippen molar-refractivity contribution in [1.82, 2.24) is 9.21 Å². The molecule has 0 amide bonds. The summed E-state index contributed by atoms with van der Waals surface area (Å²) in [5, 5.41) is 1.94. The van der Waals surface area contributed by atoms with Gasteiger partial charge in [0.2, 0.25) is 10.0 Å². The van der Waals surface area contributed by atoms with Crippen LogP contribution in [0.25, 0.3) is 10.8 Å². The van der Waals surface area contributed by atoms with E-state index < -0.39 is 10.0 Å². The number of hydrogen-bond donors (Lipinski definition) is 0. The van der Waals surface area contributed by atoms with Crippen molar-refractivity contribution in [1.29, 1.82) is 0 Å². The van der Waals surface area contributed by atoms with E-state index in [4.69, 9.17) is 0 Å². The summed E-state index contributed by atoms with van der Waals surface area (Å²) in [6.07, 6.45) is 5.07. The zero-order valence-corrected chi connectivity index (χ0v) is 18.6. The number of ketones is 1. The van der Waals surface area contributed by atoms with E-state index in [0.29, 0.717) is 24.4 Å². The van der Waals surface area contributed by atoms with Gasteiger partial charge in [0.25, 0.3) is 0 Å². The number of carbonyl (C=O) groups is 1. The number of Topliss-reactive ketones (excluding diaryl/α,β-unsaturated/α-hetero) is 1. The van der Waals surface area contributed by atoms with Gasteiger partial charge in [0.15, 0.2) is 0 Å². The predicted octanol–water partition coefficient (Wildman–Crippen LogP) is 3.93. The molecule has 30 heavy (non-hydrogen) atoms. The van der Waals surface area contributed by atoms with E-state index in [1.807, 2.05) is 30.3 Å². The zero-order valence-electron chi connectivity index (χ0n) is 17.8. The van der Waals surface area contributed by atoms with E-state index in [9.17, 15) is 13.2 Å². The lowest BCUT2D eigenvalue weighted by molar-refractivity contribution is -0.123. The third-order valence-electron chi connectivity index (χ3n) is 6.83. The van der Waals surface area contributed by atoms with Crippen molar-refractivity contribution >= 4 is 26.6 Å². The first kappa shape index (κ1) is 21.5. The summed E-state index contributed by atoms with van der Waals surface area (Å²) in [5.41, 5.74) is 0. The Morgan fingerprint density at radius 2 is 1.73 bits per heavy atom. The van der Waals surface area contributed by atoms with Crippen LogP contribution in [0.1, 0.15) is 39.0 Å². The average molecular weight is 429 g/mol. The molecular weight excluding hydrogens is 396 g/mol. The fourth-order valence-electron chi connectivity index (χ4n) is 4.92. The van der Waals surface area contributed by atoms with Crippen LogP contribution in [0.5, 0.6) is 0 Å². The Balaban J connectivity index is 1.46. The van der Waals surface area contributed by atoms with Crippen molar-refractivity contribution in [3.8, 4) is 0 Å². The van der Waals surface area contributed by atoms with Gasteiger partial charge in [-0.1, -0.05) is 50.1 Å². The Kier molecular flexibility index (Phi) is 6.56. The second-order valence-electron chi connectivity index (χ2n) is 8.72. The third kappa shape index (κ3) is 4.46. The monoisotopic (exact) mass is 428 g/mol. The first-order chi connectivity index (χ1) is 14.5. The Morgan fingerprint density at radius 1 is 1.00 bits per heavy atom. The summed E-state index contributed by atoms with van der Waals surface area (Å²) in [5.74, 6) is 0.146. The number of rotatable bonds is 7. The highest BCUT2D eigenvalue weighted by atomic mass is 32.2. The van der Waals surface area contributed by atoms with Crippen LogP contribution in [-0.4, -0.2) is 56.1 Å². The molecule has 2 aliphatic rings. The molecule has 2 heterocycles. The van der Waals surface area contributed by atoms with Crippen molar-refractivity contribution in [3.63, 3.8) is 0 Å². The number of nitrogens with zero attached hydrogens (tertiary/aromatic N) is 2. The molecule has 0 saturated carbocycles. The summed E-state index contributed by atoms with van der Waals surface area (Å²) in [4.78, 5) is 15.7. The molecule has 4 rings (SSSR count). The van der Waals surface area contributed by atoms with Gasteiger partial charge in [-0.05, 0) is 54.8 Å². The maximum atomic E-state index is 13.3. The molecule has 5 nitrogen and oxygen atoms in total. The summed E-state index contributed by atoms with van der Waals surface area (Å²) >= 11 is 0. The van der Waals surface area contributed by atoms with Gasteiger partial charge in [-0.15, -0.1) is 0 Å². The predicted molar refractivity (Wildman–Crippen MR) is 120 cm³/mol. The lowest BCUT2D eigenvalue weighted by Crippen LogP contribution is -2.34. The molecule has 6 heteroatoms. The van der Waals surface area contributed by atoms with Gasteiger partial charge in [-0.25, -0.2) is 8.42 Å². The van der Waals surface area contributed by atoms with Crippen LogP contribution in [0.3, 0.4) is 0 Å². The van der Waals surface area contributed by atoms with Crippen molar-refractivity contribution in [3.05, 3.63) is 42.5 Å². The number of sulfonamides is 1. The van der Waals surface area contributed by atoms with Crippen LogP contribution in [0.2, 0.25) is 0 Å². The Bertz CT molecular complexity index is 998. The highest BCUT2D eigenvalue weighted by Crippen LogP contribution is 2.33. The van der Waals surface area contributed by atoms with Crippen LogP contribution in [0, 0.1) is 11.8 Å². The minimum Gasteiger partial charge on any atom is -0.303 e. The SMILES string of the molecule is CC[C@H]1CN(S(=O)(=O)c2ccc3ccccc3c2)CC1C(=O)CCN1CCCCC1. The molecule has 0 bridgehead atoms. The van der Waals surface area contributed by atoms with Crippen molar-refractivity contribution in [2.24, 2.45) is 11.8 Å². The molecule has 2 saturated heterocycles. The summed E-state index contributed by atoms with van der Waals surface area (Å²) in [6.45, 7) is 5.78. The van der Waals surface area contributed by atoms with E-state index in [1.54, 1.807) is 12.1 Å². The van der Waals surface area contributed by atoms with E-state index in [2.05, 4.69) is 11.8 Å². The van der Waals surface area contributed by atoms with Gasteiger partial charge < -0.3 is 4.90 Å². The van der Waals surface area contributed by atoms with Gasteiger partial charge in [-0.2, -0.15) is 4.31 Å². The standard InChI is InChI=1S/C24H32N2O3S/c1-2-19-17-26(18-23(19)24(27)12-15-25-13-6-3-7-14-25)30(28,29)22-11-10-20-8-4-5-9-21(20)16-22/h4-5,8-11,16,19,23H,2-3,6-7,12-15,17-18H2,1H3/t19-,23?/m0/s1. The summed E-state index contributed by atoms with van der Waals surface area (Å²) < 4.78 is 28.2. The lowest BCUT2D eigenvalue weighted by atomic mass is 9.88. The number of likely N-dealkylation sites (tertiary alicyclic amines) is 1. The molecule has 2 aromatic rings. The van der Waals surface area contributed by atoms with E-state index in [1.165, 1.54) is 23.6 Å². The van der Waals surface area contributed by atoms with Gasteiger partial charge in [0, 0.05) is 32.0 Å². The largest absolute Gasteiger partial charge is 0.303 e. The summed E-state index contributed by atoms with van der Waals surface area (Å²) in [6, 6.07) is 13.1. The normalized spacial score (nSPS) is 23.8. The molecule has 2 aromatic carbocycles. The van der Waals surface area contributed by atoms with Crippen molar-refractivity contribution < 1.29 is 13.2 Å². The molecule has 0 aliphatic carbocycles. The van der Waals surface area contributed by atoms with Gasteiger partial charge in [0.05, 0.1) is 4.90 Å². The van der Waals surface area contributed by atoms with Crippen molar-refractivity contribution in [2.75, 3.05) is 32.7 Å². The topological polar surface area (TPSA) is 57.7 Å². The fourth-order valence-corrected chi connectivity index (χ4v) is 6.48. The molecular formula is C24H32N2O3S. The maximum absolute atomic E-state index is 13.3. The first-order valence-corrected chi connectivity index (χ1v) is 12.7. The number of piperidine rings is 1. The molecule has 0 spiro atoms. The Labute approximate surface area is 180 Å². The minimum absolute atomic E-state index is 0.106. The minimum atomic E-state index is -3.60.